The van der Waals surface area contributed by atoms with Crippen LogP contribution in [-0.2, 0) is 10.2 Å². The number of likely N-dealkylation sites (tertiary alicyclic amines) is 1. The lowest BCUT2D eigenvalue weighted by molar-refractivity contribution is -0.130. The number of hydrogen-bond acceptors (Lipinski definition) is 3. The zero-order valence-corrected chi connectivity index (χ0v) is 15.9. The molecule has 1 aliphatic heterocycles. The number of amides is 1. The molecule has 5 nitrogen and oxygen atoms in total. The summed E-state index contributed by atoms with van der Waals surface area (Å²) in [5.41, 5.74) is 0.0290. The molecule has 24 heavy (non-hydrogen) atoms. The smallest absolute Gasteiger partial charge is 0.244 e. The molecule has 1 saturated heterocycles. The van der Waals surface area contributed by atoms with E-state index < -0.39 is 0 Å². The van der Waals surface area contributed by atoms with E-state index in [4.69, 9.17) is 0 Å². The molecule has 0 spiro atoms. The third-order valence-electron chi connectivity index (χ3n) is 4.31. The van der Waals surface area contributed by atoms with Gasteiger partial charge in [0.15, 0.2) is 5.96 Å². The molecular weight excluding hydrogens is 320 g/mol. The number of carbonyl (C=O) groups is 1. The first-order valence-corrected chi connectivity index (χ1v) is 9.75. The van der Waals surface area contributed by atoms with Crippen LogP contribution in [-0.4, -0.2) is 49.5 Å². The van der Waals surface area contributed by atoms with Gasteiger partial charge in [-0.25, -0.2) is 4.99 Å². The van der Waals surface area contributed by atoms with Crippen LogP contribution in [0.25, 0.3) is 0 Å². The summed E-state index contributed by atoms with van der Waals surface area (Å²) < 4.78 is 0. The van der Waals surface area contributed by atoms with Crippen molar-refractivity contribution in [2.45, 2.75) is 45.4 Å². The lowest BCUT2D eigenvalue weighted by Crippen LogP contribution is -2.44. The van der Waals surface area contributed by atoms with E-state index in [2.05, 4.69) is 47.0 Å². The highest BCUT2D eigenvalue weighted by Crippen LogP contribution is 2.26. The minimum atomic E-state index is 0.0290. The number of thiophene rings is 1. The summed E-state index contributed by atoms with van der Waals surface area (Å²) >= 11 is 1.77. The molecule has 2 rings (SSSR count). The van der Waals surface area contributed by atoms with Crippen LogP contribution in [0.15, 0.2) is 22.5 Å². The fourth-order valence-electron chi connectivity index (χ4n) is 2.79. The van der Waals surface area contributed by atoms with Crippen LogP contribution < -0.4 is 10.6 Å². The standard InChI is InChI=1S/C18H30N4OS/c1-4-19-17(20-13-16(23)22-10-6-5-7-11-22)21-14-18(2,3)15-9-8-12-24-15/h8-9,12H,4-7,10-11,13-14H2,1-3H3,(H2,19,20,21). The molecule has 2 N–H and O–H groups in total. The maximum absolute atomic E-state index is 12.3. The Labute approximate surface area is 149 Å². The van der Waals surface area contributed by atoms with Crippen LogP contribution in [0.4, 0.5) is 0 Å². The van der Waals surface area contributed by atoms with Gasteiger partial charge in [0.2, 0.25) is 5.91 Å². The lowest BCUT2D eigenvalue weighted by Gasteiger charge is -2.27. The van der Waals surface area contributed by atoms with E-state index in [1.54, 1.807) is 11.3 Å². The van der Waals surface area contributed by atoms with Gasteiger partial charge >= 0.3 is 0 Å². The molecule has 0 saturated carbocycles. The molecule has 0 bridgehead atoms. The van der Waals surface area contributed by atoms with Crippen molar-refractivity contribution in [3.8, 4) is 0 Å². The minimum absolute atomic E-state index is 0.0290. The summed E-state index contributed by atoms with van der Waals surface area (Å²) in [6, 6.07) is 4.24. The Morgan fingerprint density at radius 1 is 1.29 bits per heavy atom. The van der Waals surface area contributed by atoms with Crippen molar-refractivity contribution in [1.29, 1.82) is 0 Å². The van der Waals surface area contributed by atoms with Crippen LogP contribution >= 0.6 is 11.3 Å². The molecule has 0 aliphatic carbocycles. The van der Waals surface area contributed by atoms with E-state index in [1.807, 2.05) is 11.8 Å². The van der Waals surface area contributed by atoms with Crippen molar-refractivity contribution in [3.05, 3.63) is 22.4 Å². The molecule has 0 radical (unpaired) electrons. The molecular formula is C18H30N4OS. The molecule has 1 aliphatic rings. The quantitative estimate of drug-likeness (QED) is 0.612. The molecule has 0 atom stereocenters. The fraction of sp³-hybridized carbons (Fsp3) is 0.667. The van der Waals surface area contributed by atoms with Crippen LogP contribution in [0.1, 0.15) is 44.9 Å². The zero-order valence-electron chi connectivity index (χ0n) is 15.1. The van der Waals surface area contributed by atoms with Crippen molar-refractivity contribution in [2.75, 3.05) is 32.7 Å². The average Bonchev–Trinajstić information content (AvgIpc) is 3.13. The summed E-state index contributed by atoms with van der Waals surface area (Å²) in [6.07, 6.45) is 3.46. The predicted octanol–water partition coefficient (Wildman–Crippen LogP) is 2.59. The molecule has 1 fully saturated rings. The summed E-state index contributed by atoms with van der Waals surface area (Å²) in [6.45, 7) is 10.00. The highest BCUT2D eigenvalue weighted by Gasteiger charge is 2.22. The van der Waals surface area contributed by atoms with E-state index in [1.165, 1.54) is 11.3 Å². The second-order valence-electron chi connectivity index (χ2n) is 6.85. The molecule has 1 amide bonds. The third kappa shape index (κ3) is 5.51. The Hall–Kier alpha value is -1.56. The van der Waals surface area contributed by atoms with Crippen molar-refractivity contribution < 1.29 is 4.79 Å². The molecule has 1 aromatic heterocycles. The summed E-state index contributed by atoms with van der Waals surface area (Å²) in [5, 5.41) is 8.72. The van der Waals surface area contributed by atoms with Gasteiger partial charge in [-0.1, -0.05) is 19.9 Å². The van der Waals surface area contributed by atoms with E-state index in [0.717, 1.165) is 39.0 Å². The van der Waals surface area contributed by atoms with Gasteiger partial charge < -0.3 is 15.5 Å². The Kier molecular flexibility index (Phi) is 7.09. The van der Waals surface area contributed by atoms with Gasteiger partial charge in [0.1, 0.15) is 6.54 Å². The first-order valence-electron chi connectivity index (χ1n) is 8.87. The SMILES string of the molecule is CCNC(=NCC(=O)N1CCCCC1)NCC(C)(C)c1cccs1. The number of carbonyl (C=O) groups excluding carboxylic acids is 1. The monoisotopic (exact) mass is 350 g/mol. The van der Waals surface area contributed by atoms with Crippen molar-refractivity contribution in [2.24, 2.45) is 4.99 Å². The highest BCUT2D eigenvalue weighted by atomic mass is 32.1. The van der Waals surface area contributed by atoms with Crippen LogP contribution in [0, 0.1) is 0 Å². The highest BCUT2D eigenvalue weighted by molar-refractivity contribution is 7.10. The van der Waals surface area contributed by atoms with E-state index >= 15 is 0 Å². The van der Waals surface area contributed by atoms with Crippen molar-refractivity contribution in [3.63, 3.8) is 0 Å². The maximum atomic E-state index is 12.3. The van der Waals surface area contributed by atoms with Crippen molar-refractivity contribution >= 4 is 23.2 Å². The van der Waals surface area contributed by atoms with Gasteiger partial charge in [-0.15, -0.1) is 11.3 Å². The third-order valence-corrected chi connectivity index (χ3v) is 5.55. The number of piperidine rings is 1. The first kappa shape index (κ1) is 18.8. The number of nitrogens with one attached hydrogen (secondary N) is 2. The number of hydrogen-bond donors (Lipinski definition) is 2. The maximum Gasteiger partial charge on any atom is 0.244 e. The van der Waals surface area contributed by atoms with Crippen LogP contribution in [0.3, 0.4) is 0 Å². The lowest BCUT2D eigenvalue weighted by atomic mass is 9.91. The summed E-state index contributed by atoms with van der Waals surface area (Å²) in [4.78, 5) is 20.0. The van der Waals surface area contributed by atoms with Crippen LogP contribution in [0.2, 0.25) is 0 Å². The topological polar surface area (TPSA) is 56.7 Å². The molecule has 6 heteroatoms. The van der Waals surface area contributed by atoms with Gasteiger partial charge in [-0.05, 0) is 37.6 Å². The van der Waals surface area contributed by atoms with E-state index in [0.29, 0.717) is 5.96 Å². The predicted molar refractivity (Wildman–Crippen MR) is 102 cm³/mol. The average molecular weight is 351 g/mol. The van der Waals surface area contributed by atoms with Gasteiger partial charge in [0, 0.05) is 36.5 Å². The van der Waals surface area contributed by atoms with Crippen LogP contribution in [0.5, 0.6) is 0 Å². The van der Waals surface area contributed by atoms with Gasteiger partial charge in [0.25, 0.3) is 0 Å². The Morgan fingerprint density at radius 2 is 2.04 bits per heavy atom. The molecule has 2 heterocycles. The molecule has 134 valence electrons. The van der Waals surface area contributed by atoms with E-state index in [9.17, 15) is 4.79 Å². The molecule has 1 aromatic rings. The molecule has 0 unspecified atom stereocenters. The van der Waals surface area contributed by atoms with Gasteiger partial charge in [-0.2, -0.15) is 0 Å². The Bertz CT molecular complexity index is 533. The fourth-order valence-corrected chi connectivity index (χ4v) is 3.64. The number of guanidine groups is 1. The zero-order chi connectivity index (χ0) is 17.4. The second kappa shape index (κ2) is 9.06. The van der Waals surface area contributed by atoms with Gasteiger partial charge in [0.05, 0.1) is 0 Å². The normalized spacial score (nSPS) is 16.1. The van der Waals surface area contributed by atoms with E-state index in [-0.39, 0.29) is 17.9 Å². The Balaban J connectivity index is 1.89. The minimum Gasteiger partial charge on any atom is -0.357 e. The number of nitrogens with zero attached hydrogens (tertiary/aromatic N) is 2. The number of aliphatic imine (C=N–C) groups is 1. The largest absolute Gasteiger partial charge is 0.357 e. The van der Waals surface area contributed by atoms with Crippen molar-refractivity contribution in [1.82, 2.24) is 15.5 Å². The number of rotatable bonds is 6. The van der Waals surface area contributed by atoms with Gasteiger partial charge in [-0.3, -0.25) is 4.79 Å². The summed E-state index contributed by atoms with van der Waals surface area (Å²) in [5.74, 6) is 0.844. The molecule has 0 aromatic carbocycles. The second-order valence-corrected chi connectivity index (χ2v) is 7.80. The summed E-state index contributed by atoms with van der Waals surface area (Å²) in [7, 11) is 0. The first-order chi connectivity index (χ1) is 11.5. The Morgan fingerprint density at radius 3 is 2.67 bits per heavy atom.